The van der Waals surface area contributed by atoms with Crippen LogP contribution < -0.4 is 15.8 Å². The van der Waals surface area contributed by atoms with Gasteiger partial charge in [-0.05, 0) is 30.3 Å². The molecule has 28 heavy (non-hydrogen) atoms. The molecule has 0 bridgehead atoms. The molecular formula is C18H15N5O3S2. The van der Waals surface area contributed by atoms with Crippen molar-refractivity contribution in [1.29, 1.82) is 0 Å². The van der Waals surface area contributed by atoms with Gasteiger partial charge in [0.05, 0.1) is 27.0 Å². The first-order valence-corrected chi connectivity index (χ1v) is 10.0. The summed E-state index contributed by atoms with van der Waals surface area (Å²) in [5, 5.41) is 3.91. The molecule has 0 aliphatic rings. The summed E-state index contributed by atoms with van der Waals surface area (Å²) in [7, 11) is 0. The maximum absolute atomic E-state index is 12.2. The number of ether oxygens (including phenoxy) is 1. The fraction of sp³-hybridized carbons (Fsp3) is 0.111. The molecule has 0 unspecified atom stereocenters. The van der Waals surface area contributed by atoms with Crippen LogP contribution in [0.3, 0.4) is 0 Å². The number of aromatic amines is 1. The molecule has 2 aromatic heterocycles. The fourth-order valence-corrected chi connectivity index (χ4v) is 4.14. The number of rotatable bonds is 5. The number of nitrogens with zero attached hydrogens (tertiary/aromatic N) is 2. The molecule has 4 N–H and O–H groups in total. The van der Waals surface area contributed by atoms with Crippen LogP contribution in [0.2, 0.25) is 0 Å². The van der Waals surface area contributed by atoms with E-state index in [1.165, 1.54) is 30.0 Å². The predicted molar refractivity (Wildman–Crippen MR) is 111 cm³/mol. The Bertz CT molecular complexity index is 1200. The summed E-state index contributed by atoms with van der Waals surface area (Å²) in [5.74, 6) is 0.0544. The standard InChI is InChI=1S/C18H15N5O3S2/c1-9(24)26-11-3-5-13-15(7-11)28-18(21-13)23-16(25)8-27-17-20-12-4-2-10(19)6-14(12)22-17/h2-7H,8,19H2,1H3,(H,20,22)(H,21,23,25). The number of thiazole rings is 1. The van der Waals surface area contributed by atoms with Crippen molar-refractivity contribution in [2.75, 3.05) is 16.8 Å². The first-order chi connectivity index (χ1) is 13.5. The molecule has 0 saturated carbocycles. The van der Waals surface area contributed by atoms with Gasteiger partial charge in [0.1, 0.15) is 5.75 Å². The van der Waals surface area contributed by atoms with Gasteiger partial charge in [-0.15, -0.1) is 0 Å². The minimum absolute atomic E-state index is 0.184. The van der Waals surface area contributed by atoms with Crippen LogP contribution in [0, 0.1) is 0 Å². The Morgan fingerprint density at radius 1 is 1.21 bits per heavy atom. The minimum Gasteiger partial charge on any atom is -0.427 e. The van der Waals surface area contributed by atoms with Crippen LogP contribution in [0.25, 0.3) is 21.3 Å². The number of carbonyl (C=O) groups excluding carboxylic acids is 2. The van der Waals surface area contributed by atoms with Gasteiger partial charge in [0.25, 0.3) is 0 Å². The largest absolute Gasteiger partial charge is 0.427 e. The lowest BCUT2D eigenvalue weighted by molar-refractivity contribution is -0.131. The molecule has 8 nitrogen and oxygen atoms in total. The third-order valence-corrected chi connectivity index (χ3v) is 5.50. The molecule has 10 heteroatoms. The Labute approximate surface area is 167 Å². The lowest BCUT2D eigenvalue weighted by atomic mass is 10.3. The number of esters is 1. The van der Waals surface area contributed by atoms with E-state index in [2.05, 4.69) is 20.3 Å². The summed E-state index contributed by atoms with van der Waals surface area (Å²) < 4.78 is 5.88. The highest BCUT2D eigenvalue weighted by Crippen LogP contribution is 2.29. The number of amides is 1. The van der Waals surface area contributed by atoms with Crippen molar-refractivity contribution in [1.82, 2.24) is 15.0 Å². The van der Waals surface area contributed by atoms with Crippen molar-refractivity contribution in [2.24, 2.45) is 0 Å². The van der Waals surface area contributed by atoms with Crippen LogP contribution in [0.4, 0.5) is 10.8 Å². The predicted octanol–water partition coefficient (Wildman–Crippen LogP) is 3.41. The molecule has 2 aromatic carbocycles. The average molecular weight is 413 g/mol. The SMILES string of the molecule is CC(=O)Oc1ccc2nc(NC(=O)CSc3nc4ccc(N)cc4[nH]3)sc2c1. The van der Waals surface area contributed by atoms with E-state index in [4.69, 9.17) is 10.5 Å². The van der Waals surface area contributed by atoms with Gasteiger partial charge in [-0.1, -0.05) is 23.1 Å². The van der Waals surface area contributed by atoms with Crippen LogP contribution in [-0.2, 0) is 9.59 Å². The maximum Gasteiger partial charge on any atom is 0.308 e. The Hall–Kier alpha value is -3.11. The van der Waals surface area contributed by atoms with E-state index in [1.54, 1.807) is 30.3 Å². The molecule has 142 valence electrons. The van der Waals surface area contributed by atoms with Crippen LogP contribution in [0.1, 0.15) is 6.92 Å². The van der Waals surface area contributed by atoms with Crippen LogP contribution >= 0.6 is 23.1 Å². The highest BCUT2D eigenvalue weighted by molar-refractivity contribution is 7.99. The smallest absolute Gasteiger partial charge is 0.308 e. The summed E-state index contributed by atoms with van der Waals surface area (Å²) >= 11 is 2.61. The van der Waals surface area contributed by atoms with E-state index >= 15 is 0 Å². The third-order valence-electron chi connectivity index (χ3n) is 3.69. The molecule has 4 aromatic rings. The number of nitrogens with one attached hydrogen (secondary N) is 2. The van der Waals surface area contributed by atoms with Gasteiger partial charge in [0.2, 0.25) is 5.91 Å². The second-order valence-electron chi connectivity index (χ2n) is 5.90. The zero-order chi connectivity index (χ0) is 19.7. The molecule has 4 rings (SSSR count). The number of thioether (sulfide) groups is 1. The van der Waals surface area contributed by atoms with Crippen molar-refractivity contribution in [2.45, 2.75) is 12.1 Å². The number of nitrogen functional groups attached to an aromatic ring is 1. The van der Waals surface area contributed by atoms with Crippen LogP contribution in [0.15, 0.2) is 41.6 Å². The number of hydrogen-bond donors (Lipinski definition) is 3. The summed E-state index contributed by atoms with van der Waals surface area (Å²) in [6.07, 6.45) is 0. The van der Waals surface area contributed by atoms with Crippen molar-refractivity contribution in [3.63, 3.8) is 0 Å². The highest BCUT2D eigenvalue weighted by Gasteiger charge is 2.11. The Morgan fingerprint density at radius 2 is 2.04 bits per heavy atom. The van der Waals surface area contributed by atoms with Gasteiger partial charge in [-0.2, -0.15) is 0 Å². The zero-order valence-corrected chi connectivity index (χ0v) is 16.3. The van der Waals surface area contributed by atoms with Gasteiger partial charge in [-0.3, -0.25) is 9.59 Å². The number of anilines is 2. The number of benzene rings is 2. The van der Waals surface area contributed by atoms with Gasteiger partial charge < -0.3 is 20.8 Å². The van der Waals surface area contributed by atoms with Crippen LogP contribution in [0.5, 0.6) is 5.75 Å². The zero-order valence-electron chi connectivity index (χ0n) is 14.7. The van der Waals surface area contributed by atoms with Gasteiger partial charge in [0, 0.05) is 18.7 Å². The molecule has 0 aliphatic heterocycles. The normalized spacial score (nSPS) is 11.0. The first kappa shape index (κ1) is 18.3. The van der Waals surface area contributed by atoms with Crippen molar-refractivity contribution in [3.05, 3.63) is 36.4 Å². The molecule has 1 amide bonds. The number of nitrogens with two attached hydrogens (primary N) is 1. The monoisotopic (exact) mass is 413 g/mol. The number of fused-ring (bicyclic) bond motifs is 2. The molecule has 0 atom stereocenters. The number of carbonyl (C=O) groups is 2. The fourth-order valence-electron chi connectivity index (χ4n) is 2.55. The van der Waals surface area contributed by atoms with Crippen molar-refractivity contribution in [3.8, 4) is 5.75 Å². The lowest BCUT2D eigenvalue weighted by Gasteiger charge is -1.99. The van der Waals surface area contributed by atoms with Gasteiger partial charge in [0.15, 0.2) is 10.3 Å². The molecular weight excluding hydrogens is 398 g/mol. The Kier molecular flexibility index (Phi) is 4.88. The number of imidazole rings is 1. The molecule has 0 fully saturated rings. The van der Waals surface area contributed by atoms with E-state index < -0.39 is 0 Å². The van der Waals surface area contributed by atoms with Crippen molar-refractivity contribution >= 4 is 67.0 Å². The van der Waals surface area contributed by atoms with Crippen molar-refractivity contribution < 1.29 is 14.3 Å². The molecule has 0 aliphatic carbocycles. The Balaban J connectivity index is 1.40. The summed E-state index contributed by atoms with van der Waals surface area (Å²) in [6, 6.07) is 10.5. The summed E-state index contributed by atoms with van der Waals surface area (Å²) in [4.78, 5) is 35.2. The van der Waals surface area contributed by atoms with Crippen LogP contribution in [-0.4, -0.2) is 32.6 Å². The molecule has 0 saturated heterocycles. The van der Waals surface area contributed by atoms with E-state index in [0.717, 1.165) is 21.3 Å². The average Bonchev–Trinajstić information content (AvgIpc) is 3.21. The third kappa shape index (κ3) is 4.07. The maximum atomic E-state index is 12.2. The molecule has 0 spiro atoms. The van der Waals surface area contributed by atoms with E-state index in [9.17, 15) is 9.59 Å². The van der Waals surface area contributed by atoms with E-state index in [1.807, 2.05) is 6.07 Å². The van der Waals surface area contributed by atoms with Gasteiger partial charge >= 0.3 is 5.97 Å². The second-order valence-corrected chi connectivity index (χ2v) is 7.89. The lowest BCUT2D eigenvalue weighted by Crippen LogP contribution is -2.13. The van der Waals surface area contributed by atoms with E-state index in [-0.39, 0.29) is 17.6 Å². The minimum atomic E-state index is -0.386. The summed E-state index contributed by atoms with van der Waals surface area (Å²) in [5.41, 5.74) is 8.76. The molecule has 2 heterocycles. The molecule has 0 radical (unpaired) electrons. The number of hydrogen-bond acceptors (Lipinski definition) is 8. The highest BCUT2D eigenvalue weighted by atomic mass is 32.2. The topological polar surface area (TPSA) is 123 Å². The second kappa shape index (κ2) is 7.49. The quantitative estimate of drug-likeness (QED) is 0.198. The van der Waals surface area contributed by atoms with E-state index in [0.29, 0.717) is 21.7 Å². The number of aromatic nitrogens is 3. The Morgan fingerprint density at radius 3 is 2.86 bits per heavy atom. The van der Waals surface area contributed by atoms with Gasteiger partial charge in [-0.25, -0.2) is 9.97 Å². The number of H-pyrrole nitrogens is 1. The first-order valence-electron chi connectivity index (χ1n) is 8.23. The summed E-state index contributed by atoms with van der Waals surface area (Å²) in [6.45, 7) is 1.34.